The lowest BCUT2D eigenvalue weighted by Gasteiger charge is -2.23. The molecule has 2 aromatic rings. The third-order valence-electron chi connectivity index (χ3n) is 5.57. The van der Waals surface area contributed by atoms with E-state index in [2.05, 4.69) is 17.2 Å². The van der Waals surface area contributed by atoms with Gasteiger partial charge in [-0.25, -0.2) is 0 Å². The Morgan fingerprint density at radius 2 is 2.10 bits per heavy atom. The largest absolute Gasteiger partial charge is 0.393 e. The fourth-order valence-corrected chi connectivity index (χ4v) is 3.84. The van der Waals surface area contributed by atoms with E-state index in [1.807, 2.05) is 10.7 Å². The highest BCUT2D eigenvalue weighted by molar-refractivity contribution is 6.02. The molecule has 7 nitrogen and oxygen atoms in total. The second kappa shape index (κ2) is 8.80. The van der Waals surface area contributed by atoms with E-state index in [1.165, 1.54) is 6.42 Å². The van der Waals surface area contributed by atoms with Crippen molar-refractivity contribution < 1.29 is 15.0 Å². The van der Waals surface area contributed by atoms with Gasteiger partial charge in [0.1, 0.15) is 11.2 Å². The molecule has 1 aromatic heterocycles. The molecule has 3 rings (SSSR count). The maximum Gasteiger partial charge on any atom is 0.257 e. The van der Waals surface area contributed by atoms with Crippen LogP contribution in [0.2, 0.25) is 0 Å². The van der Waals surface area contributed by atoms with Crippen LogP contribution >= 0.6 is 0 Å². The Bertz CT molecular complexity index is 882. The molecule has 0 bridgehead atoms. The average Bonchev–Trinajstić information content (AvgIpc) is 3.12. The molecule has 29 heavy (non-hydrogen) atoms. The summed E-state index contributed by atoms with van der Waals surface area (Å²) >= 11 is 0. The fraction of sp³-hybridized carbons (Fsp3) is 0.455. The summed E-state index contributed by atoms with van der Waals surface area (Å²) in [7, 11) is 1.59. The summed E-state index contributed by atoms with van der Waals surface area (Å²) in [5.74, 6) is 0.216. The van der Waals surface area contributed by atoms with E-state index >= 15 is 0 Å². The van der Waals surface area contributed by atoms with Crippen LogP contribution < -0.4 is 10.6 Å². The van der Waals surface area contributed by atoms with Crippen molar-refractivity contribution in [2.45, 2.75) is 50.7 Å². The molecule has 1 heterocycles. The minimum atomic E-state index is -1.35. The molecule has 156 valence electrons. The van der Waals surface area contributed by atoms with Gasteiger partial charge < -0.3 is 20.8 Å². The summed E-state index contributed by atoms with van der Waals surface area (Å²) in [5, 5.41) is 30.4. The van der Waals surface area contributed by atoms with Gasteiger partial charge in [0.25, 0.3) is 5.91 Å². The molecule has 1 aliphatic rings. The van der Waals surface area contributed by atoms with Crippen molar-refractivity contribution in [2.75, 3.05) is 19.0 Å². The quantitative estimate of drug-likeness (QED) is 0.573. The molecule has 1 atom stereocenters. The van der Waals surface area contributed by atoms with Gasteiger partial charge in [-0.3, -0.25) is 9.48 Å². The number of hydrogen-bond acceptors (Lipinski definition) is 5. The summed E-state index contributed by atoms with van der Waals surface area (Å²) in [5.41, 5.74) is 1.05. The number of anilines is 2. The fourth-order valence-electron chi connectivity index (χ4n) is 3.84. The molecular formula is C22H30N4O3. The van der Waals surface area contributed by atoms with Crippen LogP contribution in [0.3, 0.4) is 0 Å². The van der Waals surface area contributed by atoms with Crippen molar-refractivity contribution in [1.82, 2.24) is 15.1 Å². The maximum atomic E-state index is 12.6. The van der Waals surface area contributed by atoms with E-state index in [0.717, 1.165) is 25.7 Å². The standard InChI is InChI=1S/C22H30N4O3/c1-4-18-19(21(28)23-3)20(25-26(18)17-11-6-5-7-12-17)24-16-10-8-9-15(13-16)22(2,29)14-27/h4,8-10,13,17,27,29H,1,5-7,11-12,14H2,2-3H3,(H,23,28)(H,24,25). The number of amides is 1. The molecule has 4 N–H and O–H groups in total. The highest BCUT2D eigenvalue weighted by Crippen LogP contribution is 2.34. The Morgan fingerprint density at radius 3 is 2.72 bits per heavy atom. The predicted molar refractivity (Wildman–Crippen MR) is 114 cm³/mol. The lowest BCUT2D eigenvalue weighted by molar-refractivity contribution is -0.00223. The Hall–Kier alpha value is -2.64. The van der Waals surface area contributed by atoms with Gasteiger partial charge in [-0.1, -0.05) is 38.0 Å². The topological polar surface area (TPSA) is 99.4 Å². The van der Waals surface area contributed by atoms with E-state index in [1.54, 1.807) is 38.2 Å². The van der Waals surface area contributed by atoms with Crippen LogP contribution in [0.1, 0.15) is 66.7 Å². The van der Waals surface area contributed by atoms with Crippen LogP contribution in [0.4, 0.5) is 11.5 Å². The van der Waals surface area contributed by atoms with E-state index in [-0.39, 0.29) is 11.9 Å². The SMILES string of the molecule is C=Cc1c(C(=O)NC)c(Nc2cccc(C(C)(O)CO)c2)nn1C1CCCCC1. The number of aliphatic hydroxyl groups excluding tert-OH is 1. The van der Waals surface area contributed by atoms with E-state index in [0.29, 0.717) is 28.3 Å². The van der Waals surface area contributed by atoms with Gasteiger partial charge in [0.2, 0.25) is 0 Å². The average molecular weight is 399 g/mol. The first-order valence-corrected chi connectivity index (χ1v) is 10.1. The molecular weight excluding hydrogens is 368 g/mol. The summed E-state index contributed by atoms with van der Waals surface area (Å²) in [6, 6.07) is 7.36. The maximum absolute atomic E-state index is 12.6. The number of aliphatic hydroxyl groups is 2. The zero-order chi connectivity index (χ0) is 21.0. The van der Waals surface area contributed by atoms with Crippen molar-refractivity contribution >= 4 is 23.5 Å². The van der Waals surface area contributed by atoms with Crippen LogP contribution in [0.25, 0.3) is 6.08 Å². The van der Waals surface area contributed by atoms with Crippen molar-refractivity contribution in [3.63, 3.8) is 0 Å². The highest BCUT2D eigenvalue weighted by Gasteiger charge is 2.27. The highest BCUT2D eigenvalue weighted by atomic mass is 16.3. The van der Waals surface area contributed by atoms with Gasteiger partial charge in [-0.2, -0.15) is 5.10 Å². The second-order valence-electron chi connectivity index (χ2n) is 7.77. The third kappa shape index (κ3) is 4.36. The molecule has 7 heteroatoms. The minimum Gasteiger partial charge on any atom is -0.393 e. The van der Waals surface area contributed by atoms with Crippen LogP contribution in [-0.2, 0) is 5.60 Å². The number of carbonyl (C=O) groups excluding carboxylic acids is 1. The van der Waals surface area contributed by atoms with Crippen LogP contribution in [0.15, 0.2) is 30.8 Å². The van der Waals surface area contributed by atoms with Gasteiger partial charge in [-0.05, 0) is 43.5 Å². The normalized spacial score (nSPS) is 16.8. The molecule has 1 aromatic carbocycles. The summed E-state index contributed by atoms with van der Waals surface area (Å²) < 4.78 is 1.92. The first-order chi connectivity index (χ1) is 13.9. The Balaban J connectivity index is 2.02. The molecule has 1 amide bonds. The van der Waals surface area contributed by atoms with E-state index in [9.17, 15) is 15.0 Å². The lowest BCUT2D eigenvalue weighted by atomic mass is 9.95. The Kier molecular flexibility index (Phi) is 6.39. The molecule has 1 fully saturated rings. The summed E-state index contributed by atoms with van der Waals surface area (Å²) in [6.45, 7) is 5.07. The zero-order valence-corrected chi connectivity index (χ0v) is 17.1. The molecule has 0 aliphatic heterocycles. The van der Waals surface area contributed by atoms with Crippen molar-refractivity contribution in [2.24, 2.45) is 0 Å². The van der Waals surface area contributed by atoms with Crippen molar-refractivity contribution in [1.29, 1.82) is 0 Å². The number of hydrogen-bond donors (Lipinski definition) is 4. The first kappa shape index (κ1) is 21.1. The molecule has 0 saturated heterocycles. The summed E-state index contributed by atoms with van der Waals surface area (Å²) in [4.78, 5) is 12.6. The number of carbonyl (C=O) groups is 1. The number of nitrogens with one attached hydrogen (secondary N) is 2. The minimum absolute atomic E-state index is 0.233. The Labute approximate surface area is 171 Å². The Morgan fingerprint density at radius 1 is 1.38 bits per heavy atom. The molecule has 1 saturated carbocycles. The molecule has 0 spiro atoms. The number of aromatic nitrogens is 2. The van der Waals surface area contributed by atoms with Crippen LogP contribution in [0, 0.1) is 0 Å². The van der Waals surface area contributed by atoms with Crippen molar-refractivity contribution in [3.8, 4) is 0 Å². The number of nitrogens with zero attached hydrogens (tertiary/aromatic N) is 2. The molecule has 1 unspecified atom stereocenters. The van der Waals surface area contributed by atoms with Crippen LogP contribution in [0.5, 0.6) is 0 Å². The zero-order valence-electron chi connectivity index (χ0n) is 17.1. The van der Waals surface area contributed by atoms with Gasteiger partial charge in [0.05, 0.1) is 18.3 Å². The monoisotopic (exact) mass is 398 g/mol. The number of rotatable bonds is 7. The third-order valence-corrected chi connectivity index (χ3v) is 5.57. The van der Waals surface area contributed by atoms with E-state index in [4.69, 9.17) is 5.10 Å². The van der Waals surface area contributed by atoms with Gasteiger partial charge in [0.15, 0.2) is 5.82 Å². The van der Waals surface area contributed by atoms with Crippen molar-refractivity contribution in [3.05, 3.63) is 47.7 Å². The van der Waals surface area contributed by atoms with Gasteiger partial charge >= 0.3 is 0 Å². The van der Waals surface area contributed by atoms with Gasteiger partial charge in [0, 0.05) is 12.7 Å². The summed E-state index contributed by atoms with van der Waals surface area (Å²) in [6.07, 6.45) is 7.28. The number of benzene rings is 1. The van der Waals surface area contributed by atoms with Gasteiger partial charge in [-0.15, -0.1) is 0 Å². The predicted octanol–water partition coefficient (Wildman–Crippen LogP) is 3.33. The first-order valence-electron chi connectivity index (χ1n) is 10.1. The lowest BCUT2D eigenvalue weighted by Crippen LogP contribution is -2.25. The molecule has 1 aliphatic carbocycles. The van der Waals surface area contributed by atoms with E-state index < -0.39 is 12.2 Å². The molecule has 0 radical (unpaired) electrons. The second-order valence-corrected chi connectivity index (χ2v) is 7.77. The van der Waals surface area contributed by atoms with Crippen LogP contribution in [-0.4, -0.2) is 39.6 Å². The smallest absolute Gasteiger partial charge is 0.257 e.